The van der Waals surface area contributed by atoms with Gasteiger partial charge < -0.3 is 4.74 Å². The van der Waals surface area contributed by atoms with E-state index in [2.05, 4.69) is 4.98 Å². The molecule has 23 heavy (non-hydrogen) atoms. The summed E-state index contributed by atoms with van der Waals surface area (Å²) in [6.07, 6.45) is 0. The second kappa shape index (κ2) is 6.31. The fourth-order valence-electron chi connectivity index (χ4n) is 2.31. The summed E-state index contributed by atoms with van der Waals surface area (Å²) in [4.78, 5) is 37.9. The van der Waals surface area contributed by atoms with Crippen LogP contribution in [0.2, 0.25) is 0 Å². The molecule has 0 amide bonds. The molecule has 0 aliphatic heterocycles. The number of carbonyl (C=O) groups excluding carboxylic acids is 1. The quantitative estimate of drug-likeness (QED) is 0.739. The number of nitrogens with one attached hydrogen (secondary N) is 1. The van der Waals surface area contributed by atoms with E-state index in [9.17, 15) is 14.4 Å². The Morgan fingerprint density at radius 1 is 1.00 bits per heavy atom. The first-order valence-electron chi connectivity index (χ1n) is 7.06. The molecule has 0 radical (unpaired) electrons. The summed E-state index contributed by atoms with van der Waals surface area (Å²) >= 11 is 0. The standard InChI is InChI=1S/C17H14N2O4/c20-15(23-11-12-6-2-1-3-7-12)10-19-14-9-5-4-8-13(14)16(21)18-17(19)22/h1-9H,10-11H2,(H,18,21,22). The summed E-state index contributed by atoms with van der Waals surface area (Å²) < 4.78 is 6.37. The van der Waals surface area contributed by atoms with Gasteiger partial charge in [-0.15, -0.1) is 0 Å². The largest absolute Gasteiger partial charge is 0.459 e. The van der Waals surface area contributed by atoms with E-state index in [1.54, 1.807) is 24.3 Å². The Kier molecular flexibility index (Phi) is 4.05. The van der Waals surface area contributed by atoms with E-state index in [4.69, 9.17) is 4.74 Å². The number of benzene rings is 2. The molecular weight excluding hydrogens is 296 g/mol. The number of ether oxygens (including phenoxy) is 1. The minimum atomic E-state index is -0.634. The Morgan fingerprint density at radius 2 is 1.70 bits per heavy atom. The van der Waals surface area contributed by atoms with Gasteiger partial charge in [-0.05, 0) is 17.7 Å². The van der Waals surface area contributed by atoms with E-state index < -0.39 is 17.2 Å². The molecule has 1 N–H and O–H groups in total. The van der Waals surface area contributed by atoms with Crippen molar-refractivity contribution in [1.82, 2.24) is 9.55 Å². The van der Waals surface area contributed by atoms with Crippen LogP contribution in [0.1, 0.15) is 5.56 Å². The van der Waals surface area contributed by atoms with Crippen LogP contribution < -0.4 is 11.2 Å². The van der Waals surface area contributed by atoms with Crippen molar-refractivity contribution in [2.75, 3.05) is 0 Å². The average Bonchev–Trinajstić information content (AvgIpc) is 2.58. The third-order valence-corrected chi connectivity index (χ3v) is 3.43. The normalized spacial score (nSPS) is 10.6. The van der Waals surface area contributed by atoms with Gasteiger partial charge in [-0.1, -0.05) is 42.5 Å². The molecule has 2 aromatic carbocycles. The third kappa shape index (κ3) is 3.21. The molecule has 1 heterocycles. The fourth-order valence-corrected chi connectivity index (χ4v) is 2.31. The smallest absolute Gasteiger partial charge is 0.329 e. The van der Waals surface area contributed by atoms with Gasteiger partial charge in [-0.25, -0.2) is 4.79 Å². The van der Waals surface area contributed by atoms with Crippen LogP contribution in [0.15, 0.2) is 64.2 Å². The zero-order valence-electron chi connectivity index (χ0n) is 12.2. The zero-order chi connectivity index (χ0) is 16.2. The molecule has 0 fully saturated rings. The molecule has 0 saturated carbocycles. The molecule has 116 valence electrons. The van der Waals surface area contributed by atoms with E-state index in [1.165, 1.54) is 4.57 Å². The van der Waals surface area contributed by atoms with Gasteiger partial charge in [0.1, 0.15) is 13.2 Å². The number of aromatic nitrogens is 2. The molecule has 0 saturated heterocycles. The highest BCUT2D eigenvalue weighted by Gasteiger charge is 2.11. The summed E-state index contributed by atoms with van der Waals surface area (Å²) in [6, 6.07) is 15.9. The van der Waals surface area contributed by atoms with Crippen molar-refractivity contribution in [1.29, 1.82) is 0 Å². The van der Waals surface area contributed by atoms with Crippen LogP contribution in [-0.4, -0.2) is 15.5 Å². The van der Waals surface area contributed by atoms with Crippen LogP contribution in [-0.2, 0) is 22.7 Å². The van der Waals surface area contributed by atoms with Crippen molar-refractivity contribution in [3.8, 4) is 0 Å². The van der Waals surface area contributed by atoms with Gasteiger partial charge in [0.15, 0.2) is 0 Å². The third-order valence-electron chi connectivity index (χ3n) is 3.43. The van der Waals surface area contributed by atoms with Gasteiger partial charge in [0, 0.05) is 0 Å². The molecular formula is C17H14N2O4. The lowest BCUT2D eigenvalue weighted by molar-refractivity contribution is -0.145. The van der Waals surface area contributed by atoms with Crippen LogP contribution in [0.3, 0.4) is 0 Å². The van der Waals surface area contributed by atoms with Crippen molar-refractivity contribution in [2.45, 2.75) is 13.2 Å². The van der Waals surface area contributed by atoms with Crippen LogP contribution in [0.4, 0.5) is 0 Å². The Balaban J connectivity index is 1.83. The topological polar surface area (TPSA) is 81.2 Å². The summed E-state index contributed by atoms with van der Waals surface area (Å²) in [7, 11) is 0. The lowest BCUT2D eigenvalue weighted by atomic mass is 10.2. The second-order valence-electron chi connectivity index (χ2n) is 5.01. The predicted octanol–water partition coefficient (Wildman–Crippen LogP) is 1.43. The summed E-state index contributed by atoms with van der Waals surface area (Å²) in [5.41, 5.74) is 0.155. The summed E-state index contributed by atoms with van der Waals surface area (Å²) in [6.45, 7) is -0.126. The predicted molar refractivity (Wildman–Crippen MR) is 85.1 cm³/mol. The number of hydrogen-bond donors (Lipinski definition) is 1. The first-order chi connectivity index (χ1) is 11.1. The van der Waals surface area contributed by atoms with E-state index in [1.807, 2.05) is 30.3 Å². The molecule has 0 bridgehead atoms. The van der Waals surface area contributed by atoms with Crippen molar-refractivity contribution < 1.29 is 9.53 Å². The molecule has 6 nitrogen and oxygen atoms in total. The Labute approximate surface area is 131 Å². The van der Waals surface area contributed by atoms with Crippen molar-refractivity contribution in [3.05, 3.63) is 81.0 Å². The Morgan fingerprint density at radius 3 is 2.48 bits per heavy atom. The van der Waals surface area contributed by atoms with Crippen LogP contribution >= 0.6 is 0 Å². The van der Waals surface area contributed by atoms with Crippen molar-refractivity contribution >= 4 is 16.9 Å². The van der Waals surface area contributed by atoms with Gasteiger partial charge in [-0.3, -0.25) is 19.1 Å². The summed E-state index contributed by atoms with van der Waals surface area (Å²) in [5, 5.41) is 0.350. The molecule has 0 aliphatic carbocycles. The lowest BCUT2D eigenvalue weighted by Crippen LogP contribution is -2.32. The Bertz CT molecular complexity index is 957. The average molecular weight is 310 g/mol. The van der Waals surface area contributed by atoms with E-state index in [0.29, 0.717) is 10.9 Å². The fraction of sp³-hybridized carbons (Fsp3) is 0.118. The summed E-state index contributed by atoms with van der Waals surface area (Å²) in [5.74, 6) is -0.548. The van der Waals surface area contributed by atoms with E-state index in [-0.39, 0.29) is 13.2 Å². The molecule has 1 aromatic heterocycles. The van der Waals surface area contributed by atoms with Gasteiger partial charge in [0.2, 0.25) is 0 Å². The maximum atomic E-state index is 12.0. The SMILES string of the molecule is O=C(Cn1c(=O)[nH]c(=O)c2ccccc21)OCc1ccccc1. The number of hydrogen-bond acceptors (Lipinski definition) is 4. The maximum absolute atomic E-state index is 12.0. The monoisotopic (exact) mass is 310 g/mol. The van der Waals surface area contributed by atoms with Crippen LogP contribution in [0.5, 0.6) is 0 Å². The number of esters is 1. The van der Waals surface area contributed by atoms with Crippen molar-refractivity contribution in [2.24, 2.45) is 0 Å². The highest BCUT2D eigenvalue weighted by atomic mass is 16.5. The minimum absolute atomic E-state index is 0.135. The number of para-hydroxylation sites is 1. The number of aromatic amines is 1. The number of rotatable bonds is 4. The first-order valence-corrected chi connectivity index (χ1v) is 7.06. The molecule has 0 atom stereocenters. The molecule has 0 unspecified atom stereocenters. The molecule has 3 rings (SSSR count). The van der Waals surface area contributed by atoms with Crippen molar-refractivity contribution in [3.63, 3.8) is 0 Å². The van der Waals surface area contributed by atoms with Gasteiger partial charge >= 0.3 is 11.7 Å². The molecule has 6 heteroatoms. The molecule has 3 aromatic rings. The highest BCUT2D eigenvalue weighted by molar-refractivity contribution is 5.79. The van der Waals surface area contributed by atoms with Crippen LogP contribution in [0, 0.1) is 0 Å². The van der Waals surface area contributed by atoms with E-state index in [0.717, 1.165) is 5.56 Å². The lowest BCUT2D eigenvalue weighted by Gasteiger charge is -2.09. The minimum Gasteiger partial charge on any atom is -0.459 e. The molecule has 0 spiro atoms. The number of fused-ring (bicyclic) bond motifs is 1. The number of carbonyl (C=O) groups is 1. The highest BCUT2D eigenvalue weighted by Crippen LogP contribution is 2.07. The van der Waals surface area contributed by atoms with Gasteiger partial charge in [0.05, 0.1) is 10.9 Å². The zero-order valence-corrected chi connectivity index (χ0v) is 12.2. The number of H-pyrrole nitrogens is 1. The van der Waals surface area contributed by atoms with Crippen LogP contribution in [0.25, 0.3) is 10.9 Å². The molecule has 0 aliphatic rings. The van der Waals surface area contributed by atoms with Gasteiger partial charge in [0.25, 0.3) is 5.56 Å². The number of nitrogens with zero attached hydrogens (tertiary/aromatic N) is 1. The van der Waals surface area contributed by atoms with E-state index >= 15 is 0 Å². The Hall–Kier alpha value is -3.15. The maximum Gasteiger partial charge on any atom is 0.329 e. The second-order valence-corrected chi connectivity index (χ2v) is 5.01. The first kappa shape index (κ1) is 14.8. The van der Waals surface area contributed by atoms with Gasteiger partial charge in [-0.2, -0.15) is 0 Å².